The molecule has 0 saturated carbocycles. The van der Waals surface area contributed by atoms with E-state index >= 15 is 0 Å². The number of methoxy groups -OCH3 is 2. The van der Waals surface area contributed by atoms with Crippen LogP contribution in [0.1, 0.15) is 6.42 Å². The Morgan fingerprint density at radius 3 is 2.06 bits per heavy atom. The third kappa shape index (κ3) is 2.31. The van der Waals surface area contributed by atoms with Gasteiger partial charge in [0.15, 0.2) is 5.22 Å². The van der Waals surface area contributed by atoms with Gasteiger partial charge in [0.05, 0.1) is 12.9 Å². The fourth-order valence-electron chi connectivity index (χ4n) is 2.07. The van der Waals surface area contributed by atoms with Crippen molar-refractivity contribution in [2.75, 3.05) is 35.5 Å². The summed E-state index contributed by atoms with van der Waals surface area (Å²) in [6.07, 6.45) is 6.18. The highest BCUT2D eigenvalue weighted by molar-refractivity contribution is 6.64. The molecule has 0 N–H and O–H groups in total. The molecule has 0 heterocycles. The molecule has 1 aliphatic carbocycles. The average Bonchev–Trinajstić information content (AvgIpc) is 2.41. The van der Waals surface area contributed by atoms with Crippen LogP contribution >= 0.6 is 0 Å². The lowest BCUT2D eigenvalue weighted by Gasteiger charge is -2.41. The number of hydrogen-bond acceptors (Lipinski definition) is 5. The third-order valence-corrected chi connectivity index (χ3v) is 6.23. The van der Waals surface area contributed by atoms with E-state index in [1.54, 1.807) is 35.5 Å². The smallest absolute Gasteiger partial charge is 0.501 e. The van der Waals surface area contributed by atoms with Gasteiger partial charge < -0.3 is 22.8 Å². The van der Waals surface area contributed by atoms with Crippen LogP contribution in [0.2, 0.25) is 0 Å². The van der Waals surface area contributed by atoms with Crippen LogP contribution in [0.5, 0.6) is 0 Å². The van der Waals surface area contributed by atoms with Gasteiger partial charge >= 0.3 is 8.80 Å². The summed E-state index contributed by atoms with van der Waals surface area (Å²) >= 11 is 0. The maximum absolute atomic E-state index is 5.63. The van der Waals surface area contributed by atoms with Crippen LogP contribution in [0, 0.1) is 0 Å². The Bertz CT molecular complexity index is 303. The molecule has 0 saturated heterocycles. The highest BCUT2D eigenvalue weighted by Gasteiger charge is 2.60. The summed E-state index contributed by atoms with van der Waals surface area (Å²) in [5.74, 6) is 0.803. The van der Waals surface area contributed by atoms with E-state index in [1.165, 1.54) is 0 Å². The number of rotatable bonds is 6. The zero-order valence-electron chi connectivity index (χ0n) is 11.0. The lowest BCUT2D eigenvalue weighted by molar-refractivity contribution is -0.0125. The Kier molecular flexibility index (Phi) is 4.90. The van der Waals surface area contributed by atoms with Crippen molar-refractivity contribution in [3.63, 3.8) is 0 Å². The molecule has 0 aromatic rings. The Morgan fingerprint density at radius 1 is 1.06 bits per heavy atom. The second-order valence-electron chi connectivity index (χ2n) is 3.64. The molecule has 0 aliphatic heterocycles. The van der Waals surface area contributed by atoms with Crippen LogP contribution in [-0.2, 0) is 22.8 Å². The molecule has 1 rings (SSSR count). The molecule has 0 aromatic heterocycles. The first kappa shape index (κ1) is 14.4. The van der Waals surface area contributed by atoms with E-state index in [2.05, 4.69) is 0 Å². The molecule has 0 radical (unpaired) electrons. The Morgan fingerprint density at radius 2 is 1.65 bits per heavy atom. The van der Waals surface area contributed by atoms with Gasteiger partial charge in [-0.25, -0.2) is 0 Å². The van der Waals surface area contributed by atoms with Crippen LogP contribution in [0.15, 0.2) is 24.0 Å². The highest BCUT2D eigenvalue weighted by atomic mass is 28.4. The van der Waals surface area contributed by atoms with Crippen LogP contribution in [0.25, 0.3) is 0 Å². The molecule has 17 heavy (non-hydrogen) atoms. The molecule has 1 atom stereocenters. The van der Waals surface area contributed by atoms with Gasteiger partial charge in [0.2, 0.25) is 0 Å². The maximum Gasteiger partial charge on any atom is 0.538 e. The van der Waals surface area contributed by atoms with Gasteiger partial charge in [-0.05, 0) is 12.2 Å². The Balaban J connectivity index is 3.12. The SMILES string of the molecule is COC1=CC=CC(OC)([Si](OC)(OC)OC)C1. The molecule has 5 nitrogen and oxygen atoms in total. The summed E-state index contributed by atoms with van der Waals surface area (Å²) in [7, 11) is 4.99. The van der Waals surface area contributed by atoms with Crippen LogP contribution in [0.3, 0.4) is 0 Å². The van der Waals surface area contributed by atoms with Crippen molar-refractivity contribution in [3.05, 3.63) is 24.0 Å². The van der Waals surface area contributed by atoms with Crippen molar-refractivity contribution >= 4 is 8.80 Å². The summed E-state index contributed by atoms with van der Waals surface area (Å²) in [5, 5.41) is -0.745. The lowest BCUT2D eigenvalue weighted by atomic mass is 10.1. The van der Waals surface area contributed by atoms with Crippen molar-refractivity contribution in [2.24, 2.45) is 0 Å². The van der Waals surface area contributed by atoms with Crippen molar-refractivity contribution in [2.45, 2.75) is 11.6 Å². The first-order valence-corrected chi connectivity index (χ1v) is 6.99. The molecule has 6 heteroatoms. The largest absolute Gasteiger partial charge is 0.538 e. The zero-order valence-corrected chi connectivity index (χ0v) is 12.0. The fraction of sp³-hybridized carbons (Fsp3) is 0.636. The van der Waals surface area contributed by atoms with E-state index in [-0.39, 0.29) is 0 Å². The van der Waals surface area contributed by atoms with Gasteiger partial charge in [-0.3, -0.25) is 0 Å². The fourth-order valence-corrected chi connectivity index (χ4v) is 4.55. The third-order valence-electron chi connectivity index (χ3n) is 3.04. The number of ether oxygens (including phenoxy) is 2. The first-order valence-electron chi connectivity index (χ1n) is 5.26. The van der Waals surface area contributed by atoms with E-state index in [4.69, 9.17) is 22.8 Å². The Labute approximate surface area is 103 Å². The predicted octanol–water partition coefficient (Wildman–Crippen LogP) is 1.28. The molecule has 0 fully saturated rings. The molecule has 0 amide bonds. The minimum Gasteiger partial charge on any atom is -0.501 e. The molecule has 1 aliphatic rings. The maximum atomic E-state index is 5.63. The minimum absolute atomic E-state index is 0.526. The second-order valence-corrected chi connectivity index (χ2v) is 6.82. The average molecular weight is 260 g/mol. The topological polar surface area (TPSA) is 46.2 Å². The Hall–Kier alpha value is -0.663. The summed E-state index contributed by atoms with van der Waals surface area (Å²) in [6, 6.07) is 0. The van der Waals surface area contributed by atoms with Gasteiger partial charge in [-0.15, -0.1) is 0 Å². The van der Waals surface area contributed by atoms with Gasteiger partial charge in [0, 0.05) is 34.9 Å². The van der Waals surface area contributed by atoms with Gasteiger partial charge in [-0.2, -0.15) is 0 Å². The van der Waals surface area contributed by atoms with Gasteiger partial charge in [-0.1, -0.05) is 6.08 Å². The lowest BCUT2D eigenvalue weighted by Crippen LogP contribution is -2.64. The molecule has 1 unspecified atom stereocenters. The summed E-state index contributed by atoms with van der Waals surface area (Å²) < 4.78 is 27.4. The monoisotopic (exact) mass is 260 g/mol. The van der Waals surface area contributed by atoms with E-state index in [9.17, 15) is 0 Å². The second kappa shape index (κ2) is 5.79. The molecule has 0 spiro atoms. The van der Waals surface area contributed by atoms with Crippen molar-refractivity contribution in [1.82, 2.24) is 0 Å². The quantitative estimate of drug-likeness (QED) is 0.673. The molecular formula is C11H20O5Si. The van der Waals surface area contributed by atoms with Crippen molar-refractivity contribution < 1.29 is 22.8 Å². The standard InChI is InChI=1S/C11H20O5Si/c1-12-10-7-6-8-11(9-10,13-2)17(14-3,15-4)16-5/h6-8H,9H2,1-5H3. The molecular weight excluding hydrogens is 240 g/mol. The zero-order chi connectivity index (χ0) is 12.9. The van der Waals surface area contributed by atoms with Crippen LogP contribution in [0.4, 0.5) is 0 Å². The predicted molar refractivity (Wildman–Crippen MR) is 65.4 cm³/mol. The van der Waals surface area contributed by atoms with E-state index < -0.39 is 14.0 Å². The summed E-state index contributed by atoms with van der Waals surface area (Å²) in [5.41, 5.74) is 0. The van der Waals surface area contributed by atoms with Crippen LogP contribution in [-0.4, -0.2) is 49.6 Å². The van der Waals surface area contributed by atoms with Crippen molar-refractivity contribution in [1.29, 1.82) is 0 Å². The van der Waals surface area contributed by atoms with Crippen molar-refractivity contribution in [3.8, 4) is 0 Å². The van der Waals surface area contributed by atoms with Gasteiger partial charge in [0.25, 0.3) is 0 Å². The van der Waals surface area contributed by atoms with Gasteiger partial charge in [0.1, 0.15) is 0 Å². The highest BCUT2D eigenvalue weighted by Crippen LogP contribution is 2.36. The van der Waals surface area contributed by atoms with E-state index in [1.807, 2.05) is 18.2 Å². The minimum atomic E-state index is -2.95. The molecule has 98 valence electrons. The summed E-state index contributed by atoms with van der Waals surface area (Å²) in [6.45, 7) is 0. The first-order chi connectivity index (χ1) is 8.13. The van der Waals surface area contributed by atoms with E-state index in [0.29, 0.717) is 6.42 Å². The van der Waals surface area contributed by atoms with E-state index in [0.717, 1.165) is 5.76 Å². The van der Waals surface area contributed by atoms with Crippen LogP contribution < -0.4 is 0 Å². The molecule has 0 bridgehead atoms. The summed E-state index contributed by atoms with van der Waals surface area (Å²) in [4.78, 5) is 0. The molecule has 0 aromatic carbocycles. The number of allylic oxidation sites excluding steroid dienone is 2. The normalized spacial score (nSPS) is 24.6. The number of hydrogen-bond donors (Lipinski definition) is 0.